The normalized spacial score (nSPS) is 14.5. The second-order valence-electron chi connectivity index (χ2n) is 26.6. The highest BCUT2D eigenvalue weighted by molar-refractivity contribution is 7.47. The van der Waals surface area contributed by atoms with Gasteiger partial charge in [0.1, 0.15) is 19.3 Å². The predicted molar refractivity (Wildman–Crippen MR) is 418 cm³/mol. The first-order valence-electron chi connectivity index (χ1n) is 40.1. The first-order valence-corrected chi connectivity index (χ1v) is 43.1. The molecule has 0 radical (unpaired) electrons. The van der Waals surface area contributed by atoms with Crippen LogP contribution in [0.5, 0.6) is 0 Å². The number of aliphatic hydroxyl groups excluding tert-OH is 1. The Kier molecular flexibility index (Phi) is 71.8. The maximum atomic E-state index is 13.1. The molecule has 0 heterocycles. The van der Waals surface area contributed by atoms with Gasteiger partial charge in [0.15, 0.2) is 12.2 Å². The van der Waals surface area contributed by atoms with E-state index in [9.17, 15) is 43.2 Å². The SMILES string of the molecule is CC/C=C\C/C=C\C/C=C\C/C=C\CCCCCCCCC(=O)OCC(COP(=O)(O)OCC(O)COP(=O)(O)OCC(COC(=O)CCCCCCC/C=C\C/C=C\C/C=C\CC)OC(=O)CCCCCCCCCCCCCCC)OC(=O)CCCCCCC/C=C\C/C=C\CCCCC. The predicted octanol–water partition coefficient (Wildman–Crippen LogP) is 23.3. The molecule has 102 heavy (non-hydrogen) atoms. The van der Waals surface area contributed by atoms with Crippen molar-refractivity contribution < 1.29 is 80.2 Å². The van der Waals surface area contributed by atoms with Crippen LogP contribution in [0.25, 0.3) is 0 Å². The molecule has 0 aliphatic carbocycles. The number of rotatable bonds is 75. The van der Waals surface area contributed by atoms with Crippen molar-refractivity contribution in [1.82, 2.24) is 0 Å². The van der Waals surface area contributed by atoms with Crippen molar-refractivity contribution in [2.24, 2.45) is 0 Å². The van der Waals surface area contributed by atoms with Gasteiger partial charge in [-0.05, 0) is 128 Å². The van der Waals surface area contributed by atoms with E-state index >= 15 is 0 Å². The van der Waals surface area contributed by atoms with Crippen molar-refractivity contribution in [1.29, 1.82) is 0 Å². The average molecular weight is 1480 g/mol. The Morgan fingerprint density at radius 2 is 0.510 bits per heavy atom. The van der Waals surface area contributed by atoms with E-state index in [0.717, 1.165) is 186 Å². The smallest absolute Gasteiger partial charge is 0.462 e. The quantitative estimate of drug-likeness (QED) is 0.0169. The first-order chi connectivity index (χ1) is 49.7. The fourth-order valence-corrected chi connectivity index (χ4v) is 12.2. The highest BCUT2D eigenvalue weighted by Crippen LogP contribution is 2.45. The fourth-order valence-electron chi connectivity index (χ4n) is 10.7. The van der Waals surface area contributed by atoms with E-state index in [1.165, 1.54) is 70.6 Å². The number of ether oxygens (including phenoxy) is 4. The molecule has 17 nitrogen and oxygen atoms in total. The van der Waals surface area contributed by atoms with Crippen LogP contribution < -0.4 is 0 Å². The van der Waals surface area contributed by atoms with Crippen LogP contribution in [0.1, 0.15) is 336 Å². The summed E-state index contributed by atoms with van der Waals surface area (Å²) in [6.07, 6.45) is 80.6. The maximum Gasteiger partial charge on any atom is 0.472 e. The van der Waals surface area contributed by atoms with Gasteiger partial charge in [-0.25, -0.2) is 9.13 Å². The zero-order chi connectivity index (χ0) is 74.6. The molecule has 0 saturated heterocycles. The number of carbonyl (C=O) groups excluding carboxylic acids is 4. The van der Waals surface area contributed by atoms with Crippen LogP contribution in [0.2, 0.25) is 0 Å². The van der Waals surface area contributed by atoms with Gasteiger partial charge in [0, 0.05) is 25.7 Å². The van der Waals surface area contributed by atoms with E-state index in [1.54, 1.807) is 0 Å². The van der Waals surface area contributed by atoms with Crippen LogP contribution in [0, 0.1) is 0 Å². The average Bonchev–Trinajstić information content (AvgIpc) is 0.924. The molecule has 0 aliphatic rings. The molecule has 0 aliphatic heterocycles. The molecule has 0 amide bonds. The number of hydrogen-bond acceptors (Lipinski definition) is 15. The summed E-state index contributed by atoms with van der Waals surface area (Å²) < 4.78 is 68.6. The van der Waals surface area contributed by atoms with Gasteiger partial charge in [0.25, 0.3) is 0 Å². The molecule has 588 valence electrons. The van der Waals surface area contributed by atoms with Gasteiger partial charge in [-0.2, -0.15) is 0 Å². The van der Waals surface area contributed by atoms with Gasteiger partial charge in [0.2, 0.25) is 0 Å². The topological polar surface area (TPSA) is 237 Å². The molecule has 0 aromatic carbocycles. The molecule has 0 fully saturated rings. The van der Waals surface area contributed by atoms with Crippen molar-refractivity contribution in [3.8, 4) is 0 Å². The Morgan fingerprint density at radius 1 is 0.284 bits per heavy atom. The largest absolute Gasteiger partial charge is 0.472 e. The summed E-state index contributed by atoms with van der Waals surface area (Å²) >= 11 is 0. The highest BCUT2D eigenvalue weighted by atomic mass is 31.2. The third kappa shape index (κ3) is 74.0. The zero-order valence-corrected chi connectivity index (χ0v) is 66.0. The molecule has 5 unspecified atom stereocenters. The summed E-state index contributed by atoms with van der Waals surface area (Å²) in [5, 5.41) is 10.6. The molecule has 3 N–H and O–H groups in total. The molecular formula is C83H144O17P2. The zero-order valence-electron chi connectivity index (χ0n) is 64.3. The van der Waals surface area contributed by atoms with Crippen molar-refractivity contribution in [2.45, 2.75) is 354 Å². The van der Waals surface area contributed by atoms with E-state index in [1.807, 2.05) is 0 Å². The van der Waals surface area contributed by atoms with Crippen LogP contribution in [0.15, 0.2) is 109 Å². The summed E-state index contributed by atoms with van der Waals surface area (Å²) in [5.74, 6) is -2.21. The van der Waals surface area contributed by atoms with Crippen LogP contribution in [-0.4, -0.2) is 96.7 Å². The summed E-state index contributed by atoms with van der Waals surface area (Å²) in [4.78, 5) is 73.0. The summed E-state index contributed by atoms with van der Waals surface area (Å²) in [6.45, 7) is 4.61. The van der Waals surface area contributed by atoms with Crippen molar-refractivity contribution in [3.63, 3.8) is 0 Å². The third-order valence-corrected chi connectivity index (χ3v) is 18.6. The Labute approximate surface area is 619 Å². The molecule has 0 aromatic heterocycles. The molecule has 19 heteroatoms. The summed E-state index contributed by atoms with van der Waals surface area (Å²) in [7, 11) is -9.96. The first kappa shape index (κ1) is 97.7. The summed E-state index contributed by atoms with van der Waals surface area (Å²) in [5.41, 5.74) is 0. The number of hydrogen-bond donors (Lipinski definition) is 3. The molecular weight excluding hydrogens is 1330 g/mol. The maximum absolute atomic E-state index is 13.1. The van der Waals surface area contributed by atoms with Gasteiger partial charge in [-0.15, -0.1) is 0 Å². The summed E-state index contributed by atoms with van der Waals surface area (Å²) in [6, 6.07) is 0. The molecule has 0 rings (SSSR count). The van der Waals surface area contributed by atoms with E-state index in [2.05, 4.69) is 137 Å². The number of allylic oxidation sites excluding steroid dienone is 18. The Bertz CT molecular complexity index is 2360. The lowest BCUT2D eigenvalue weighted by Gasteiger charge is -2.21. The van der Waals surface area contributed by atoms with E-state index in [-0.39, 0.29) is 25.7 Å². The van der Waals surface area contributed by atoms with Crippen molar-refractivity contribution >= 4 is 39.5 Å². The minimum atomic E-state index is -4.98. The van der Waals surface area contributed by atoms with E-state index < -0.39 is 97.5 Å². The van der Waals surface area contributed by atoms with Gasteiger partial charge >= 0.3 is 39.5 Å². The van der Waals surface area contributed by atoms with Gasteiger partial charge in [0.05, 0.1) is 26.4 Å². The highest BCUT2D eigenvalue weighted by Gasteiger charge is 2.30. The Balaban J connectivity index is 5.36. The Hall–Kier alpha value is -4.28. The lowest BCUT2D eigenvalue weighted by molar-refractivity contribution is -0.161. The van der Waals surface area contributed by atoms with Gasteiger partial charge in [-0.1, -0.05) is 291 Å². The van der Waals surface area contributed by atoms with Crippen LogP contribution in [0.4, 0.5) is 0 Å². The van der Waals surface area contributed by atoms with Crippen LogP contribution >= 0.6 is 15.6 Å². The van der Waals surface area contributed by atoms with Crippen molar-refractivity contribution in [3.05, 3.63) is 109 Å². The number of phosphoric ester groups is 2. The number of esters is 4. The fraction of sp³-hybridized carbons (Fsp3) is 0.735. The van der Waals surface area contributed by atoms with E-state index in [4.69, 9.17) is 37.0 Å². The second-order valence-corrected chi connectivity index (χ2v) is 29.5. The molecule has 0 bridgehead atoms. The number of carbonyl (C=O) groups is 4. The molecule has 0 spiro atoms. The van der Waals surface area contributed by atoms with Gasteiger partial charge < -0.3 is 33.8 Å². The Morgan fingerprint density at radius 3 is 0.804 bits per heavy atom. The molecule has 5 atom stereocenters. The third-order valence-electron chi connectivity index (χ3n) is 16.7. The molecule has 0 saturated carbocycles. The minimum Gasteiger partial charge on any atom is -0.462 e. The number of phosphoric acid groups is 2. The second kappa shape index (κ2) is 75.0. The number of aliphatic hydroxyl groups is 1. The van der Waals surface area contributed by atoms with Crippen LogP contribution in [0.3, 0.4) is 0 Å². The monoisotopic (exact) mass is 1470 g/mol. The lowest BCUT2D eigenvalue weighted by Crippen LogP contribution is -2.30. The minimum absolute atomic E-state index is 0.0748. The van der Waals surface area contributed by atoms with Gasteiger partial charge in [-0.3, -0.25) is 37.3 Å². The lowest BCUT2D eigenvalue weighted by atomic mass is 10.0. The number of unbranched alkanes of at least 4 members (excludes halogenated alkanes) is 31. The van der Waals surface area contributed by atoms with Crippen LogP contribution in [-0.2, 0) is 65.4 Å². The van der Waals surface area contributed by atoms with E-state index in [0.29, 0.717) is 25.7 Å². The van der Waals surface area contributed by atoms with Crippen molar-refractivity contribution in [2.75, 3.05) is 39.6 Å². The molecule has 0 aromatic rings. The standard InChI is InChI=1S/C83H144O17P2/c1-5-9-13-17-21-25-29-33-36-37-38-39-42-45-48-52-56-60-64-68-81(86)94-74-79(100-83(88)70-66-62-58-54-50-46-41-35-31-27-23-19-15-11-7-3)76-98-102(91,92)96-72-77(84)71-95-101(89,90)97-75-78(99-82(87)69-65-61-57-53-49-43-32-28-24-20-16-12-8-4)73-93-80(85)67-63-59-55-51-47-44-40-34-30-26-22-18-14-10-6-2/h9-10,13-14,21-23,25-27,33-36,38-41,77-79,84H,5-8,11-12,15-20,24,28-32,37,42-76H2,1-4H3,(H,89,90)(H,91,92)/b13-9-,14-10-,25-21-,26-22-,27-23-,36-33-,39-38-,40-34-,41-35-.